The van der Waals surface area contributed by atoms with Crippen LogP contribution in [0, 0.1) is 20.8 Å². The SMILES string of the molecule is CCn1c(-c2ccccc2)cc(C(=O)N(C)CCCN2CCN(c3cccc(C)c3C)CC2)c1C. The van der Waals surface area contributed by atoms with Crippen LogP contribution in [0.3, 0.4) is 0 Å². The van der Waals surface area contributed by atoms with Crippen molar-refractivity contribution in [3.8, 4) is 11.3 Å². The number of aryl methyl sites for hydroxylation is 1. The number of aromatic nitrogens is 1. The van der Waals surface area contributed by atoms with E-state index in [1.165, 1.54) is 16.8 Å². The van der Waals surface area contributed by atoms with Gasteiger partial charge in [0.1, 0.15) is 0 Å². The molecule has 0 radical (unpaired) electrons. The third-order valence-electron chi connectivity index (χ3n) is 7.59. The second kappa shape index (κ2) is 11.1. The van der Waals surface area contributed by atoms with Gasteiger partial charge in [-0.15, -0.1) is 0 Å². The van der Waals surface area contributed by atoms with E-state index in [0.29, 0.717) is 0 Å². The van der Waals surface area contributed by atoms with Crippen molar-refractivity contribution in [1.82, 2.24) is 14.4 Å². The first-order chi connectivity index (χ1) is 16.9. The monoisotopic (exact) mass is 472 g/mol. The number of rotatable bonds is 8. The van der Waals surface area contributed by atoms with Crippen LogP contribution in [0.5, 0.6) is 0 Å². The molecule has 1 aliphatic rings. The summed E-state index contributed by atoms with van der Waals surface area (Å²) in [6, 6.07) is 19.0. The quantitative estimate of drug-likeness (QED) is 0.441. The van der Waals surface area contributed by atoms with Crippen LogP contribution in [0.25, 0.3) is 11.3 Å². The van der Waals surface area contributed by atoms with E-state index >= 15 is 0 Å². The van der Waals surface area contributed by atoms with Crippen molar-refractivity contribution < 1.29 is 4.79 Å². The summed E-state index contributed by atoms with van der Waals surface area (Å²) < 4.78 is 2.24. The molecule has 0 saturated carbocycles. The predicted octanol–water partition coefficient (Wildman–Crippen LogP) is 5.38. The Balaban J connectivity index is 1.30. The largest absolute Gasteiger partial charge is 0.369 e. The third kappa shape index (κ3) is 5.46. The maximum Gasteiger partial charge on any atom is 0.255 e. The molecular formula is C30H40N4O. The molecule has 3 aromatic rings. The van der Waals surface area contributed by atoms with Crippen LogP contribution in [-0.2, 0) is 6.54 Å². The zero-order valence-corrected chi connectivity index (χ0v) is 22.1. The number of piperazine rings is 1. The van der Waals surface area contributed by atoms with Crippen LogP contribution in [0.4, 0.5) is 5.69 Å². The van der Waals surface area contributed by atoms with E-state index in [9.17, 15) is 4.79 Å². The lowest BCUT2D eigenvalue weighted by Crippen LogP contribution is -2.47. The lowest BCUT2D eigenvalue weighted by Gasteiger charge is -2.37. The molecule has 0 spiro atoms. The summed E-state index contributed by atoms with van der Waals surface area (Å²) >= 11 is 0. The van der Waals surface area contributed by atoms with Gasteiger partial charge in [0, 0.05) is 63.4 Å². The van der Waals surface area contributed by atoms with E-state index in [-0.39, 0.29) is 5.91 Å². The first-order valence-corrected chi connectivity index (χ1v) is 12.9. The van der Waals surface area contributed by atoms with Crippen molar-refractivity contribution in [3.63, 3.8) is 0 Å². The molecule has 0 unspecified atom stereocenters. The summed E-state index contributed by atoms with van der Waals surface area (Å²) in [6.07, 6.45) is 0.991. The highest BCUT2D eigenvalue weighted by Gasteiger charge is 2.22. The second-order valence-corrected chi connectivity index (χ2v) is 9.77. The molecule has 1 saturated heterocycles. The zero-order valence-electron chi connectivity index (χ0n) is 22.1. The summed E-state index contributed by atoms with van der Waals surface area (Å²) in [4.78, 5) is 20.3. The minimum absolute atomic E-state index is 0.117. The van der Waals surface area contributed by atoms with E-state index < -0.39 is 0 Å². The van der Waals surface area contributed by atoms with Gasteiger partial charge in [0.25, 0.3) is 5.91 Å². The third-order valence-corrected chi connectivity index (χ3v) is 7.59. The van der Waals surface area contributed by atoms with Gasteiger partial charge in [0.05, 0.1) is 5.56 Å². The van der Waals surface area contributed by atoms with E-state index in [4.69, 9.17) is 0 Å². The van der Waals surface area contributed by atoms with Crippen molar-refractivity contribution in [2.24, 2.45) is 0 Å². The highest BCUT2D eigenvalue weighted by atomic mass is 16.2. The van der Waals surface area contributed by atoms with Gasteiger partial charge in [-0.3, -0.25) is 9.69 Å². The number of carbonyl (C=O) groups excluding carboxylic acids is 1. The summed E-state index contributed by atoms with van der Waals surface area (Å²) in [5.41, 5.74) is 8.25. The fourth-order valence-electron chi connectivity index (χ4n) is 5.25. The normalized spacial score (nSPS) is 14.4. The predicted molar refractivity (Wildman–Crippen MR) is 146 cm³/mol. The molecule has 1 aromatic heterocycles. The molecule has 1 fully saturated rings. The van der Waals surface area contributed by atoms with Crippen molar-refractivity contribution >= 4 is 11.6 Å². The first-order valence-electron chi connectivity index (χ1n) is 12.9. The number of anilines is 1. The molecule has 2 heterocycles. The molecule has 186 valence electrons. The minimum Gasteiger partial charge on any atom is -0.369 e. The Labute approximate surface area is 211 Å². The molecule has 0 N–H and O–H groups in total. The van der Waals surface area contributed by atoms with Gasteiger partial charge < -0.3 is 14.4 Å². The topological polar surface area (TPSA) is 31.7 Å². The van der Waals surface area contributed by atoms with Crippen molar-refractivity contribution in [3.05, 3.63) is 77.0 Å². The summed E-state index contributed by atoms with van der Waals surface area (Å²) in [5, 5.41) is 0. The summed E-state index contributed by atoms with van der Waals surface area (Å²) in [5.74, 6) is 0.117. The standard InChI is InChI=1S/C30H40N4O/c1-6-34-25(4)27(22-29(34)26-13-8-7-9-14-26)30(35)31(5)16-11-17-32-18-20-33(21-19-32)28-15-10-12-23(2)24(28)3/h7-10,12-15,22H,6,11,16-21H2,1-5H3. The highest BCUT2D eigenvalue weighted by Crippen LogP contribution is 2.27. The van der Waals surface area contributed by atoms with Crippen molar-refractivity contribution in [1.29, 1.82) is 0 Å². The fourth-order valence-corrected chi connectivity index (χ4v) is 5.25. The molecule has 0 atom stereocenters. The molecule has 5 nitrogen and oxygen atoms in total. The number of nitrogens with zero attached hydrogens (tertiary/aromatic N) is 4. The van der Waals surface area contributed by atoms with Crippen LogP contribution in [-0.4, -0.2) is 66.6 Å². The van der Waals surface area contributed by atoms with Crippen molar-refractivity contribution in [2.75, 3.05) is 51.2 Å². The lowest BCUT2D eigenvalue weighted by atomic mass is 10.1. The molecule has 5 heteroatoms. The van der Waals surface area contributed by atoms with Crippen LogP contribution < -0.4 is 4.90 Å². The Morgan fingerprint density at radius 2 is 1.66 bits per heavy atom. The number of carbonyl (C=O) groups is 1. The average molecular weight is 473 g/mol. The summed E-state index contributed by atoms with van der Waals surface area (Å²) in [6.45, 7) is 15.5. The van der Waals surface area contributed by atoms with Gasteiger partial charge in [-0.2, -0.15) is 0 Å². The van der Waals surface area contributed by atoms with Gasteiger partial charge in [-0.05, 0) is 69.5 Å². The molecule has 1 aliphatic heterocycles. The minimum atomic E-state index is 0.117. The van der Waals surface area contributed by atoms with E-state index in [1.807, 2.05) is 30.1 Å². The first kappa shape index (κ1) is 25.1. The van der Waals surface area contributed by atoms with Gasteiger partial charge in [-0.25, -0.2) is 0 Å². The maximum absolute atomic E-state index is 13.3. The van der Waals surface area contributed by atoms with Gasteiger partial charge in [0.2, 0.25) is 0 Å². The number of hydrogen-bond acceptors (Lipinski definition) is 3. The van der Waals surface area contributed by atoms with Crippen LogP contribution in [0.1, 0.15) is 40.5 Å². The Kier molecular flexibility index (Phi) is 7.97. The number of hydrogen-bond donors (Lipinski definition) is 0. The lowest BCUT2D eigenvalue weighted by molar-refractivity contribution is 0.0787. The summed E-state index contributed by atoms with van der Waals surface area (Å²) in [7, 11) is 1.94. The van der Waals surface area contributed by atoms with E-state index in [1.54, 1.807) is 0 Å². The molecule has 35 heavy (non-hydrogen) atoms. The Bertz CT molecular complexity index is 1140. The molecule has 2 aromatic carbocycles. The smallest absolute Gasteiger partial charge is 0.255 e. The van der Waals surface area contributed by atoms with Crippen LogP contribution in [0.2, 0.25) is 0 Å². The molecule has 4 rings (SSSR count). The number of benzene rings is 2. The van der Waals surface area contributed by atoms with E-state index in [0.717, 1.165) is 74.7 Å². The Morgan fingerprint density at radius 3 is 2.34 bits per heavy atom. The highest BCUT2D eigenvalue weighted by molar-refractivity contribution is 5.96. The van der Waals surface area contributed by atoms with Gasteiger partial charge in [0.15, 0.2) is 0 Å². The van der Waals surface area contributed by atoms with Gasteiger partial charge >= 0.3 is 0 Å². The fraction of sp³-hybridized carbons (Fsp3) is 0.433. The molecule has 0 bridgehead atoms. The van der Waals surface area contributed by atoms with Crippen LogP contribution >= 0.6 is 0 Å². The zero-order chi connectivity index (χ0) is 24.9. The second-order valence-electron chi connectivity index (χ2n) is 9.77. The number of amides is 1. The van der Waals surface area contributed by atoms with Crippen LogP contribution in [0.15, 0.2) is 54.6 Å². The van der Waals surface area contributed by atoms with E-state index in [2.05, 4.69) is 78.5 Å². The maximum atomic E-state index is 13.3. The average Bonchev–Trinajstić information content (AvgIpc) is 3.22. The molecule has 1 amide bonds. The van der Waals surface area contributed by atoms with Gasteiger partial charge in [-0.1, -0.05) is 42.5 Å². The molecule has 0 aliphatic carbocycles. The van der Waals surface area contributed by atoms with Crippen molar-refractivity contribution in [2.45, 2.75) is 40.7 Å². The molecular weight excluding hydrogens is 432 g/mol. The Hall–Kier alpha value is -3.05. The Morgan fingerprint density at radius 1 is 0.943 bits per heavy atom.